The number of hydrogen-bond donors (Lipinski definition) is 1. The Morgan fingerprint density at radius 3 is 2.72 bits per heavy atom. The number of pyridine rings is 1. The molecule has 3 rings (SSSR count). The minimum Gasteiger partial charge on any atom is -0.252 e. The molecule has 1 heterocycles. The van der Waals surface area contributed by atoms with Crippen LogP contribution in [0.4, 0.5) is 0 Å². The maximum absolute atomic E-state index is 4.93. The third kappa shape index (κ3) is 1.83. The van der Waals surface area contributed by atoms with Crippen LogP contribution >= 0.6 is 12.6 Å². The zero-order valence-corrected chi connectivity index (χ0v) is 12.0. The first kappa shape index (κ1) is 12.0. The molecular formula is C16H19NS. The number of fused-ring (bicyclic) bond motifs is 2. The molecule has 0 spiro atoms. The Bertz CT molecular complexity index is 616. The predicted molar refractivity (Wildman–Crippen MR) is 80.5 cm³/mol. The third-order valence-electron chi connectivity index (χ3n) is 3.98. The van der Waals surface area contributed by atoms with E-state index in [2.05, 4.69) is 38.6 Å². The van der Waals surface area contributed by atoms with E-state index < -0.39 is 0 Å². The average Bonchev–Trinajstić information content (AvgIpc) is 2.36. The fourth-order valence-corrected chi connectivity index (χ4v) is 3.52. The van der Waals surface area contributed by atoms with Gasteiger partial charge in [-0.1, -0.05) is 11.6 Å². The Hall–Kier alpha value is -1.02. The van der Waals surface area contributed by atoms with E-state index >= 15 is 0 Å². The summed E-state index contributed by atoms with van der Waals surface area (Å²) in [6.45, 7) is 4.33. The average molecular weight is 257 g/mol. The molecule has 94 valence electrons. The van der Waals surface area contributed by atoms with E-state index in [-0.39, 0.29) is 0 Å². The molecule has 0 amide bonds. The highest BCUT2D eigenvalue weighted by molar-refractivity contribution is 7.79. The Labute approximate surface area is 114 Å². The molecule has 2 aromatic rings. The van der Waals surface area contributed by atoms with Crippen molar-refractivity contribution in [1.82, 2.24) is 4.98 Å². The summed E-state index contributed by atoms with van der Waals surface area (Å²) in [6, 6.07) is 4.50. The molecule has 0 saturated heterocycles. The van der Waals surface area contributed by atoms with Gasteiger partial charge in [0.05, 0.1) is 5.52 Å². The van der Waals surface area contributed by atoms with Crippen LogP contribution in [0.25, 0.3) is 10.9 Å². The molecule has 1 aliphatic rings. The highest BCUT2D eigenvalue weighted by Crippen LogP contribution is 2.32. The first-order valence-electron chi connectivity index (χ1n) is 6.73. The molecule has 0 aliphatic heterocycles. The van der Waals surface area contributed by atoms with E-state index in [1.807, 2.05) is 0 Å². The summed E-state index contributed by atoms with van der Waals surface area (Å²) >= 11 is 4.56. The van der Waals surface area contributed by atoms with Crippen LogP contribution in [0.3, 0.4) is 0 Å². The van der Waals surface area contributed by atoms with Gasteiger partial charge in [0.1, 0.15) is 0 Å². The van der Waals surface area contributed by atoms with Gasteiger partial charge in [0.2, 0.25) is 0 Å². The lowest BCUT2D eigenvalue weighted by Gasteiger charge is -2.21. The molecule has 0 bridgehead atoms. The Balaban J connectivity index is 2.40. The normalized spacial score (nSPS) is 14.8. The van der Waals surface area contributed by atoms with Gasteiger partial charge in [0.15, 0.2) is 0 Å². The van der Waals surface area contributed by atoms with Crippen molar-refractivity contribution >= 4 is 23.5 Å². The summed E-state index contributed by atoms with van der Waals surface area (Å²) in [5, 5.41) is 1.32. The predicted octanol–water partition coefficient (Wildman–Crippen LogP) is 4.16. The highest BCUT2D eigenvalue weighted by Gasteiger charge is 2.18. The molecule has 0 saturated carbocycles. The van der Waals surface area contributed by atoms with Crippen LogP contribution in [0.2, 0.25) is 0 Å². The van der Waals surface area contributed by atoms with Crippen LogP contribution in [0, 0.1) is 13.8 Å². The van der Waals surface area contributed by atoms with Crippen molar-refractivity contribution < 1.29 is 0 Å². The number of nitrogens with zero attached hydrogens (tertiary/aromatic N) is 1. The summed E-state index contributed by atoms with van der Waals surface area (Å²) in [5.74, 6) is 0.824. The second kappa shape index (κ2) is 4.58. The van der Waals surface area contributed by atoms with Crippen LogP contribution in [0.1, 0.15) is 40.8 Å². The standard InChI is InChI=1S/C16H19NS/c1-10-7-11(2)16-13(8-10)14(9-18)12-5-3-4-6-15(12)17-16/h7-8,18H,3-6,9H2,1-2H3. The Kier molecular flexibility index (Phi) is 3.06. The largest absolute Gasteiger partial charge is 0.252 e. The molecule has 1 nitrogen and oxygen atoms in total. The molecule has 0 atom stereocenters. The number of benzene rings is 1. The Morgan fingerprint density at radius 2 is 1.94 bits per heavy atom. The molecular weight excluding hydrogens is 238 g/mol. The quantitative estimate of drug-likeness (QED) is 0.757. The van der Waals surface area contributed by atoms with Crippen molar-refractivity contribution in [1.29, 1.82) is 0 Å². The summed E-state index contributed by atoms with van der Waals surface area (Å²) in [4.78, 5) is 4.93. The summed E-state index contributed by atoms with van der Waals surface area (Å²) in [6.07, 6.45) is 4.90. The van der Waals surface area contributed by atoms with E-state index in [1.54, 1.807) is 0 Å². The van der Waals surface area contributed by atoms with Crippen LogP contribution in [-0.2, 0) is 18.6 Å². The molecule has 0 fully saturated rings. The van der Waals surface area contributed by atoms with Gasteiger partial charge >= 0.3 is 0 Å². The van der Waals surface area contributed by atoms with Crippen LogP contribution in [0.15, 0.2) is 12.1 Å². The van der Waals surface area contributed by atoms with Gasteiger partial charge in [0, 0.05) is 16.8 Å². The van der Waals surface area contributed by atoms with Gasteiger partial charge in [-0.2, -0.15) is 12.6 Å². The van der Waals surface area contributed by atoms with Crippen molar-refractivity contribution in [2.45, 2.75) is 45.3 Å². The molecule has 18 heavy (non-hydrogen) atoms. The summed E-state index contributed by atoms with van der Waals surface area (Å²) < 4.78 is 0. The van der Waals surface area contributed by atoms with Crippen molar-refractivity contribution in [2.75, 3.05) is 0 Å². The van der Waals surface area contributed by atoms with Crippen molar-refractivity contribution in [3.63, 3.8) is 0 Å². The van der Waals surface area contributed by atoms with Gasteiger partial charge in [-0.05, 0) is 62.3 Å². The van der Waals surface area contributed by atoms with Gasteiger partial charge in [-0.3, -0.25) is 4.98 Å². The fraction of sp³-hybridized carbons (Fsp3) is 0.438. The fourth-order valence-electron chi connectivity index (χ4n) is 3.15. The van der Waals surface area contributed by atoms with Crippen LogP contribution in [0.5, 0.6) is 0 Å². The monoisotopic (exact) mass is 257 g/mol. The zero-order valence-electron chi connectivity index (χ0n) is 11.1. The van der Waals surface area contributed by atoms with Gasteiger partial charge in [-0.25, -0.2) is 0 Å². The van der Waals surface area contributed by atoms with E-state index in [9.17, 15) is 0 Å². The smallest absolute Gasteiger partial charge is 0.0737 e. The van der Waals surface area contributed by atoms with Gasteiger partial charge in [-0.15, -0.1) is 0 Å². The zero-order chi connectivity index (χ0) is 12.7. The minimum absolute atomic E-state index is 0.824. The topological polar surface area (TPSA) is 12.9 Å². The number of thiol groups is 1. The summed E-state index contributed by atoms with van der Waals surface area (Å²) in [5.41, 5.74) is 8.02. The number of rotatable bonds is 1. The van der Waals surface area contributed by atoms with E-state index in [0.29, 0.717) is 0 Å². The van der Waals surface area contributed by atoms with E-state index in [4.69, 9.17) is 4.98 Å². The maximum atomic E-state index is 4.93. The molecule has 0 N–H and O–H groups in total. The van der Waals surface area contributed by atoms with E-state index in [1.165, 1.54) is 58.1 Å². The lowest BCUT2D eigenvalue weighted by atomic mass is 9.89. The van der Waals surface area contributed by atoms with Crippen molar-refractivity contribution in [3.05, 3.63) is 40.1 Å². The number of hydrogen-bond acceptors (Lipinski definition) is 2. The van der Waals surface area contributed by atoms with Gasteiger partial charge in [0.25, 0.3) is 0 Å². The SMILES string of the molecule is Cc1cc(C)c2nc3c(c(CS)c2c1)CCCC3. The second-order valence-electron chi connectivity index (χ2n) is 5.36. The maximum Gasteiger partial charge on any atom is 0.0737 e. The molecule has 0 unspecified atom stereocenters. The molecule has 2 heteroatoms. The molecule has 0 radical (unpaired) electrons. The second-order valence-corrected chi connectivity index (χ2v) is 5.68. The summed E-state index contributed by atoms with van der Waals surface area (Å²) in [7, 11) is 0. The van der Waals surface area contributed by atoms with Gasteiger partial charge < -0.3 is 0 Å². The number of aryl methyl sites for hydroxylation is 3. The Morgan fingerprint density at radius 1 is 1.17 bits per heavy atom. The molecule has 1 aromatic carbocycles. The first-order chi connectivity index (χ1) is 8.70. The lowest BCUT2D eigenvalue weighted by molar-refractivity contribution is 0.667. The van der Waals surface area contributed by atoms with Crippen LogP contribution in [-0.4, -0.2) is 4.98 Å². The van der Waals surface area contributed by atoms with E-state index in [0.717, 1.165) is 12.2 Å². The minimum atomic E-state index is 0.824. The first-order valence-corrected chi connectivity index (χ1v) is 7.36. The third-order valence-corrected chi connectivity index (χ3v) is 4.29. The molecule has 1 aromatic heterocycles. The number of aromatic nitrogens is 1. The van der Waals surface area contributed by atoms with Crippen molar-refractivity contribution in [2.24, 2.45) is 0 Å². The lowest BCUT2D eigenvalue weighted by Crippen LogP contribution is -2.09. The highest BCUT2D eigenvalue weighted by atomic mass is 32.1. The van der Waals surface area contributed by atoms with Crippen LogP contribution < -0.4 is 0 Å². The molecule has 1 aliphatic carbocycles. The van der Waals surface area contributed by atoms with Crippen molar-refractivity contribution in [3.8, 4) is 0 Å².